The number of carbonyl (C=O) groups is 1. The van der Waals surface area contributed by atoms with Crippen molar-refractivity contribution in [3.8, 4) is 0 Å². The van der Waals surface area contributed by atoms with Crippen molar-refractivity contribution in [3.05, 3.63) is 35.9 Å². The van der Waals surface area contributed by atoms with Crippen molar-refractivity contribution in [2.24, 2.45) is 0 Å². The summed E-state index contributed by atoms with van der Waals surface area (Å²) < 4.78 is 0. The second kappa shape index (κ2) is 7.41. The Balaban J connectivity index is 1.81. The maximum Gasteiger partial charge on any atom is 0.151 e. The molecular weight excluding hydrogens is 238 g/mol. The zero-order valence-corrected chi connectivity index (χ0v) is 11.4. The molecule has 1 atom stereocenters. The summed E-state index contributed by atoms with van der Waals surface area (Å²) in [4.78, 5) is 14.4. The Bertz CT molecular complexity index is 391. The summed E-state index contributed by atoms with van der Waals surface area (Å²) >= 11 is 0. The number of hydrogen-bond donors (Lipinski definition) is 1. The van der Waals surface area contributed by atoms with Gasteiger partial charge in [0.05, 0.1) is 6.54 Å². The van der Waals surface area contributed by atoms with Crippen LogP contribution in [-0.2, 0) is 11.2 Å². The van der Waals surface area contributed by atoms with Crippen molar-refractivity contribution in [2.45, 2.75) is 38.1 Å². The lowest BCUT2D eigenvalue weighted by Gasteiger charge is -2.23. The highest BCUT2D eigenvalue weighted by Crippen LogP contribution is 2.21. The fourth-order valence-corrected chi connectivity index (χ4v) is 2.86. The van der Waals surface area contributed by atoms with E-state index in [0.717, 1.165) is 24.9 Å². The first-order valence-electron chi connectivity index (χ1n) is 7.20. The number of likely N-dealkylation sites (tertiary alicyclic amines) is 1. The molecule has 1 fully saturated rings. The molecular formula is C16H23NO2. The number of ketones is 1. The smallest absolute Gasteiger partial charge is 0.151 e. The summed E-state index contributed by atoms with van der Waals surface area (Å²) in [6.45, 7) is 1.84. The summed E-state index contributed by atoms with van der Waals surface area (Å²) in [7, 11) is 0. The molecule has 0 spiro atoms. The van der Waals surface area contributed by atoms with Crippen molar-refractivity contribution in [3.63, 3.8) is 0 Å². The van der Waals surface area contributed by atoms with Crippen molar-refractivity contribution in [1.29, 1.82) is 0 Å². The fourth-order valence-electron chi connectivity index (χ4n) is 2.86. The van der Waals surface area contributed by atoms with E-state index in [4.69, 9.17) is 5.11 Å². The van der Waals surface area contributed by atoms with E-state index in [9.17, 15) is 4.79 Å². The number of Topliss-reactive ketones (excluding diaryl/α,β-unsaturated/α-hetero) is 1. The first-order chi connectivity index (χ1) is 9.29. The molecule has 1 N–H and O–H groups in total. The molecule has 1 unspecified atom stereocenters. The molecule has 2 rings (SSSR count). The van der Waals surface area contributed by atoms with Gasteiger partial charge in [-0.3, -0.25) is 9.69 Å². The van der Waals surface area contributed by atoms with E-state index < -0.39 is 0 Å². The molecule has 0 bridgehead atoms. The largest absolute Gasteiger partial charge is 0.396 e. The highest BCUT2D eigenvalue weighted by molar-refractivity contribution is 5.82. The Hall–Kier alpha value is -1.19. The molecule has 1 aliphatic heterocycles. The monoisotopic (exact) mass is 261 g/mol. The maximum absolute atomic E-state index is 12.1. The minimum atomic E-state index is 0.252. The van der Waals surface area contributed by atoms with E-state index >= 15 is 0 Å². The van der Waals surface area contributed by atoms with Crippen LogP contribution in [0.15, 0.2) is 30.3 Å². The van der Waals surface area contributed by atoms with Gasteiger partial charge < -0.3 is 5.11 Å². The molecule has 1 saturated heterocycles. The first kappa shape index (κ1) is 14.2. The van der Waals surface area contributed by atoms with E-state index in [1.807, 2.05) is 30.3 Å². The van der Waals surface area contributed by atoms with Crippen LogP contribution in [0.25, 0.3) is 0 Å². The average molecular weight is 261 g/mol. The van der Waals surface area contributed by atoms with Crippen LogP contribution < -0.4 is 0 Å². The summed E-state index contributed by atoms with van der Waals surface area (Å²) in [5.41, 5.74) is 1.10. The zero-order chi connectivity index (χ0) is 13.5. The topological polar surface area (TPSA) is 40.5 Å². The van der Waals surface area contributed by atoms with Crippen molar-refractivity contribution in [1.82, 2.24) is 4.90 Å². The Labute approximate surface area is 115 Å². The number of benzene rings is 1. The summed E-state index contributed by atoms with van der Waals surface area (Å²) in [5, 5.41) is 8.90. The van der Waals surface area contributed by atoms with Gasteiger partial charge in [-0.15, -0.1) is 0 Å². The highest BCUT2D eigenvalue weighted by atomic mass is 16.2. The third-order valence-electron chi connectivity index (χ3n) is 3.82. The van der Waals surface area contributed by atoms with E-state index in [2.05, 4.69) is 4.90 Å². The van der Waals surface area contributed by atoms with E-state index in [1.54, 1.807) is 0 Å². The normalized spacial score (nSPS) is 19.7. The quantitative estimate of drug-likeness (QED) is 0.816. The SMILES string of the molecule is O=C(Cc1ccccc1)CN1CCCC1CCCO. The number of nitrogens with zero attached hydrogens (tertiary/aromatic N) is 1. The molecule has 1 aliphatic rings. The second-order valence-electron chi connectivity index (χ2n) is 5.33. The number of aliphatic hydroxyl groups is 1. The van der Waals surface area contributed by atoms with E-state index in [0.29, 0.717) is 24.8 Å². The first-order valence-corrected chi connectivity index (χ1v) is 7.20. The highest BCUT2D eigenvalue weighted by Gasteiger charge is 2.25. The maximum atomic E-state index is 12.1. The predicted molar refractivity (Wildman–Crippen MR) is 76.1 cm³/mol. The van der Waals surface area contributed by atoms with Crippen LogP contribution in [-0.4, -0.2) is 41.5 Å². The molecule has 0 radical (unpaired) electrons. The van der Waals surface area contributed by atoms with Crippen LogP contribution in [0.4, 0.5) is 0 Å². The van der Waals surface area contributed by atoms with Crippen LogP contribution in [0.5, 0.6) is 0 Å². The Kier molecular flexibility index (Phi) is 5.55. The van der Waals surface area contributed by atoms with Crippen LogP contribution in [0, 0.1) is 0 Å². The van der Waals surface area contributed by atoms with E-state index in [1.165, 1.54) is 12.8 Å². The van der Waals surface area contributed by atoms with Crippen LogP contribution >= 0.6 is 0 Å². The minimum absolute atomic E-state index is 0.252. The van der Waals surface area contributed by atoms with Gasteiger partial charge in [0.1, 0.15) is 0 Å². The van der Waals surface area contributed by atoms with Crippen molar-refractivity contribution >= 4 is 5.78 Å². The van der Waals surface area contributed by atoms with Crippen LogP contribution in [0.1, 0.15) is 31.2 Å². The van der Waals surface area contributed by atoms with Gasteiger partial charge in [-0.2, -0.15) is 0 Å². The minimum Gasteiger partial charge on any atom is -0.396 e. The van der Waals surface area contributed by atoms with Crippen molar-refractivity contribution in [2.75, 3.05) is 19.7 Å². The zero-order valence-electron chi connectivity index (χ0n) is 11.4. The van der Waals surface area contributed by atoms with Gasteiger partial charge in [0.15, 0.2) is 5.78 Å². The molecule has 0 aliphatic carbocycles. The van der Waals surface area contributed by atoms with E-state index in [-0.39, 0.29) is 6.61 Å². The van der Waals surface area contributed by atoms with Gasteiger partial charge in [0.25, 0.3) is 0 Å². The lowest BCUT2D eigenvalue weighted by atomic mass is 10.1. The third kappa shape index (κ3) is 4.44. The number of aliphatic hydroxyl groups excluding tert-OH is 1. The van der Waals surface area contributed by atoms with Gasteiger partial charge in [-0.1, -0.05) is 30.3 Å². The van der Waals surface area contributed by atoms with Crippen LogP contribution in [0.3, 0.4) is 0 Å². The molecule has 0 amide bonds. The molecule has 3 nitrogen and oxygen atoms in total. The van der Waals surface area contributed by atoms with Crippen LogP contribution in [0.2, 0.25) is 0 Å². The molecule has 0 saturated carbocycles. The summed E-state index contributed by atoms with van der Waals surface area (Å²) in [6.07, 6.45) is 4.72. The Morgan fingerprint density at radius 3 is 2.84 bits per heavy atom. The average Bonchev–Trinajstić information content (AvgIpc) is 2.84. The number of rotatable bonds is 7. The molecule has 3 heteroatoms. The predicted octanol–water partition coefficient (Wildman–Crippen LogP) is 2.04. The molecule has 1 aromatic carbocycles. The number of hydrogen-bond acceptors (Lipinski definition) is 3. The fraction of sp³-hybridized carbons (Fsp3) is 0.562. The molecule has 19 heavy (non-hydrogen) atoms. The van der Waals surface area contributed by atoms with Gasteiger partial charge in [-0.25, -0.2) is 0 Å². The lowest BCUT2D eigenvalue weighted by Crippen LogP contribution is -2.35. The molecule has 0 aromatic heterocycles. The molecule has 104 valence electrons. The summed E-state index contributed by atoms with van der Waals surface area (Å²) in [5.74, 6) is 0.294. The van der Waals surface area contributed by atoms with Gasteiger partial charge in [0.2, 0.25) is 0 Å². The summed E-state index contributed by atoms with van der Waals surface area (Å²) in [6, 6.07) is 10.4. The van der Waals surface area contributed by atoms with Gasteiger partial charge >= 0.3 is 0 Å². The molecule has 1 heterocycles. The van der Waals surface area contributed by atoms with Crippen molar-refractivity contribution < 1.29 is 9.90 Å². The Morgan fingerprint density at radius 2 is 2.11 bits per heavy atom. The second-order valence-corrected chi connectivity index (χ2v) is 5.33. The number of carbonyl (C=O) groups excluding carboxylic acids is 1. The standard InChI is InChI=1S/C16H23NO2/c18-11-5-9-15-8-4-10-17(15)13-16(19)12-14-6-2-1-3-7-14/h1-3,6-7,15,18H,4-5,8-13H2. The molecule has 1 aromatic rings. The van der Waals surface area contributed by atoms with Gasteiger partial charge in [-0.05, 0) is 37.8 Å². The Morgan fingerprint density at radius 1 is 1.32 bits per heavy atom. The third-order valence-corrected chi connectivity index (χ3v) is 3.82. The lowest BCUT2D eigenvalue weighted by molar-refractivity contribution is -0.119. The van der Waals surface area contributed by atoms with Gasteiger partial charge in [0, 0.05) is 19.1 Å².